The predicted octanol–water partition coefficient (Wildman–Crippen LogP) is 3.48. The van der Waals surface area contributed by atoms with Crippen LogP contribution in [-0.4, -0.2) is 11.0 Å². The molecule has 1 amide bonds. The maximum atomic E-state index is 12.0. The number of hydrogen-bond donors (Lipinski definition) is 3. The lowest BCUT2D eigenvalue weighted by atomic mass is 9.86. The lowest BCUT2D eigenvalue weighted by Crippen LogP contribution is -2.44. The maximum Gasteiger partial charge on any atom is 0.238 e. The molecule has 0 saturated heterocycles. The SMILES string of the molecule is O=C(C[C@@H]1C[C@H]2CC[C@@H]1C2)NNC(=S)Nc1cccc(Cl)c1. The highest BCUT2D eigenvalue weighted by molar-refractivity contribution is 7.80. The number of anilines is 1. The molecule has 118 valence electrons. The third kappa shape index (κ3) is 3.90. The minimum absolute atomic E-state index is 0.00722. The zero-order valence-corrected chi connectivity index (χ0v) is 13.8. The van der Waals surface area contributed by atoms with Crippen LogP contribution in [0, 0.1) is 17.8 Å². The van der Waals surface area contributed by atoms with Crippen molar-refractivity contribution < 1.29 is 4.79 Å². The van der Waals surface area contributed by atoms with Gasteiger partial charge in [-0.25, -0.2) is 0 Å². The van der Waals surface area contributed by atoms with Crippen molar-refractivity contribution in [2.45, 2.75) is 32.1 Å². The number of benzene rings is 1. The molecule has 0 aromatic heterocycles. The van der Waals surface area contributed by atoms with Crippen LogP contribution in [0.2, 0.25) is 5.02 Å². The van der Waals surface area contributed by atoms with Crippen LogP contribution in [0.5, 0.6) is 0 Å². The number of thiocarbonyl (C=S) groups is 1. The molecule has 3 N–H and O–H groups in total. The summed E-state index contributed by atoms with van der Waals surface area (Å²) in [6.45, 7) is 0. The quantitative estimate of drug-likeness (QED) is 0.584. The van der Waals surface area contributed by atoms with Gasteiger partial charge in [0, 0.05) is 17.1 Å². The van der Waals surface area contributed by atoms with E-state index in [4.69, 9.17) is 23.8 Å². The van der Waals surface area contributed by atoms with Crippen LogP contribution in [0.25, 0.3) is 0 Å². The van der Waals surface area contributed by atoms with Gasteiger partial charge in [0.2, 0.25) is 5.91 Å². The van der Waals surface area contributed by atoms with E-state index >= 15 is 0 Å². The number of carbonyl (C=O) groups is 1. The number of nitrogens with one attached hydrogen (secondary N) is 3. The van der Waals surface area contributed by atoms with E-state index in [0.29, 0.717) is 22.5 Å². The molecular weight excluding hydrogens is 318 g/mol. The Morgan fingerprint density at radius 1 is 1.27 bits per heavy atom. The largest absolute Gasteiger partial charge is 0.331 e. The Bertz CT molecular complexity index is 580. The highest BCUT2D eigenvalue weighted by Crippen LogP contribution is 2.49. The zero-order valence-electron chi connectivity index (χ0n) is 12.3. The number of carbonyl (C=O) groups excluding carboxylic acids is 1. The summed E-state index contributed by atoms with van der Waals surface area (Å²) in [5, 5.41) is 3.96. The van der Waals surface area contributed by atoms with Crippen molar-refractivity contribution in [1.29, 1.82) is 0 Å². The van der Waals surface area contributed by atoms with Crippen LogP contribution >= 0.6 is 23.8 Å². The number of amides is 1. The minimum Gasteiger partial charge on any atom is -0.331 e. The molecular formula is C16H20ClN3OS. The van der Waals surface area contributed by atoms with Crippen molar-refractivity contribution in [2.75, 3.05) is 5.32 Å². The molecule has 2 saturated carbocycles. The molecule has 3 atom stereocenters. The molecule has 0 spiro atoms. The molecule has 22 heavy (non-hydrogen) atoms. The van der Waals surface area contributed by atoms with Gasteiger partial charge in [0.25, 0.3) is 0 Å². The molecule has 1 aromatic rings. The topological polar surface area (TPSA) is 53.2 Å². The second kappa shape index (κ2) is 6.84. The van der Waals surface area contributed by atoms with E-state index in [0.717, 1.165) is 17.5 Å². The molecule has 2 fully saturated rings. The number of halogens is 1. The van der Waals surface area contributed by atoms with Crippen molar-refractivity contribution in [3.63, 3.8) is 0 Å². The molecule has 0 radical (unpaired) electrons. The van der Waals surface area contributed by atoms with Crippen molar-refractivity contribution in [3.05, 3.63) is 29.3 Å². The lowest BCUT2D eigenvalue weighted by Gasteiger charge is -2.21. The summed E-state index contributed by atoms with van der Waals surface area (Å²) in [5.41, 5.74) is 6.21. The lowest BCUT2D eigenvalue weighted by molar-refractivity contribution is -0.122. The summed E-state index contributed by atoms with van der Waals surface area (Å²) >= 11 is 11.1. The first-order valence-electron chi connectivity index (χ1n) is 7.71. The summed E-state index contributed by atoms with van der Waals surface area (Å²) < 4.78 is 0. The molecule has 4 nitrogen and oxygen atoms in total. The number of rotatable bonds is 3. The number of hydrogen-bond acceptors (Lipinski definition) is 2. The van der Waals surface area contributed by atoms with Crippen molar-refractivity contribution in [2.24, 2.45) is 17.8 Å². The van der Waals surface area contributed by atoms with E-state index in [1.54, 1.807) is 12.1 Å². The summed E-state index contributed by atoms with van der Waals surface area (Å²) in [4.78, 5) is 12.0. The van der Waals surface area contributed by atoms with Gasteiger partial charge >= 0.3 is 0 Å². The van der Waals surface area contributed by atoms with Gasteiger partial charge in [-0.05, 0) is 67.4 Å². The van der Waals surface area contributed by atoms with Gasteiger partial charge in [-0.2, -0.15) is 0 Å². The highest BCUT2D eigenvalue weighted by atomic mass is 35.5. The van der Waals surface area contributed by atoms with Gasteiger partial charge in [-0.1, -0.05) is 24.1 Å². The molecule has 2 bridgehead atoms. The van der Waals surface area contributed by atoms with Gasteiger partial charge < -0.3 is 5.32 Å². The zero-order chi connectivity index (χ0) is 15.5. The Morgan fingerprint density at radius 3 is 2.82 bits per heavy atom. The smallest absolute Gasteiger partial charge is 0.238 e. The van der Waals surface area contributed by atoms with Gasteiger partial charge in [-0.3, -0.25) is 15.6 Å². The molecule has 2 aliphatic rings. The average molecular weight is 338 g/mol. The Labute approximate surface area is 141 Å². The molecule has 0 aliphatic heterocycles. The summed E-state index contributed by atoms with van der Waals surface area (Å²) in [6.07, 6.45) is 5.77. The van der Waals surface area contributed by atoms with Crippen LogP contribution in [0.1, 0.15) is 32.1 Å². The van der Waals surface area contributed by atoms with Crippen molar-refractivity contribution >= 4 is 40.5 Å². The van der Waals surface area contributed by atoms with Crippen LogP contribution in [0.15, 0.2) is 24.3 Å². The van der Waals surface area contributed by atoms with Crippen LogP contribution in [0.4, 0.5) is 5.69 Å². The summed E-state index contributed by atoms with van der Waals surface area (Å²) in [6, 6.07) is 7.25. The summed E-state index contributed by atoms with van der Waals surface area (Å²) in [5.74, 6) is 2.18. The monoisotopic (exact) mass is 337 g/mol. The first-order chi connectivity index (χ1) is 10.6. The molecule has 2 aliphatic carbocycles. The van der Waals surface area contributed by atoms with E-state index in [1.807, 2.05) is 12.1 Å². The van der Waals surface area contributed by atoms with Crippen LogP contribution in [0.3, 0.4) is 0 Å². The maximum absolute atomic E-state index is 12.0. The van der Waals surface area contributed by atoms with Gasteiger partial charge in [0.05, 0.1) is 0 Å². The third-order valence-corrected chi connectivity index (χ3v) is 5.17. The summed E-state index contributed by atoms with van der Waals surface area (Å²) in [7, 11) is 0. The van der Waals surface area contributed by atoms with Gasteiger partial charge in [-0.15, -0.1) is 0 Å². The Kier molecular flexibility index (Phi) is 4.84. The van der Waals surface area contributed by atoms with Crippen molar-refractivity contribution in [3.8, 4) is 0 Å². The van der Waals surface area contributed by atoms with E-state index in [2.05, 4.69) is 16.2 Å². The van der Waals surface area contributed by atoms with Gasteiger partial charge in [0.1, 0.15) is 0 Å². The second-order valence-electron chi connectivity index (χ2n) is 6.28. The molecule has 0 unspecified atom stereocenters. The fourth-order valence-electron chi connectivity index (χ4n) is 3.77. The van der Waals surface area contributed by atoms with E-state index in [-0.39, 0.29) is 5.91 Å². The number of hydrazine groups is 1. The van der Waals surface area contributed by atoms with E-state index in [1.165, 1.54) is 25.7 Å². The Morgan fingerprint density at radius 2 is 2.14 bits per heavy atom. The van der Waals surface area contributed by atoms with Crippen LogP contribution in [-0.2, 0) is 4.79 Å². The normalized spacial score (nSPS) is 25.8. The Hall–Kier alpha value is -1.33. The van der Waals surface area contributed by atoms with Gasteiger partial charge in [0.15, 0.2) is 5.11 Å². The van der Waals surface area contributed by atoms with E-state index in [9.17, 15) is 4.79 Å². The first kappa shape index (κ1) is 15.6. The fourth-order valence-corrected chi connectivity index (χ4v) is 4.13. The highest BCUT2D eigenvalue weighted by Gasteiger charge is 2.40. The molecule has 3 rings (SSSR count). The predicted molar refractivity (Wildman–Crippen MR) is 92.5 cm³/mol. The minimum atomic E-state index is 0.00722. The molecule has 0 heterocycles. The average Bonchev–Trinajstić information content (AvgIpc) is 3.08. The molecule has 1 aromatic carbocycles. The third-order valence-electron chi connectivity index (χ3n) is 4.73. The Balaban J connectivity index is 1.40. The molecule has 6 heteroatoms. The van der Waals surface area contributed by atoms with Crippen LogP contribution < -0.4 is 16.2 Å². The van der Waals surface area contributed by atoms with E-state index < -0.39 is 0 Å². The fraction of sp³-hybridized carbons (Fsp3) is 0.500. The standard InChI is InChI=1S/C16H20ClN3OS/c17-13-2-1-3-14(9-13)18-16(22)20-19-15(21)8-12-7-10-4-5-11(12)6-10/h1-3,9-12H,4-8H2,(H,19,21)(H2,18,20,22)/t10-,11+,12-/m0/s1. The first-order valence-corrected chi connectivity index (χ1v) is 8.50. The number of fused-ring (bicyclic) bond motifs is 2. The second-order valence-corrected chi connectivity index (χ2v) is 7.12. The van der Waals surface area contributed by atoms with Crippen molar-refractivity contribution in [1.82, 2.24) is 10.9 Å².